The van der Waals surface area contributed by atoms with E-state index in [-0.39, 0.29) is 35.0 Å². The lowest BCUT2D eigenvalue weighted by molar-refractivity contribution is -0.139. The zero-order valence-electron chi connectivity index (χ0n) is 14.4. The van der Waals surface area contributed by atoms with Crippen LogP contribution < -0.4 is 19.5 Å². The summed E-state index contributed by atoms with van der Waals surface area (Å²) < 4.78 is 37.8. The maximum absolute atomic E-state index is 12.3. The molecule has 0 spiro atoms. The van der Waals surface area contributed by atoms with Gasteiger partial charge >= 0.3 is 5.97 Å². The zero-order valence-corrected chi connectivity index (χ0v) is 15.2. The molecule has 1 aromatic rings. The Morgan fingerprint density at radius 2 is 1.64 bits per heavy atom. The fourth-order valence-electron chi connectivity index (χ4n) is 2.04. The van der Waals surface area contributed by atoms with Crippen LogP contribution in [0.25, 0.3) is 0 Å². The molecule has 0 radical (unpaired) electrons. The first kappa shape index (κ1) is 20.6. The van der Waals surface area contributed by atoms with Crippen molar-refractivity contribution in [3.05, 3.63) is 17.7 Å². The summed E-state index contributed by atoms with van der Waals surface area (Å²) in [6.45, 7) is 0. The number of sulfone groups is 1. The second-order valence-corrected chi connectivity index (χ2v) is 7.46. The Morgan fingerprint density at radius 1 is 1.12 bits per heavy atom. The van der Waals surface area contributed by atoms with Gasteiger partial charge in [0.15, 0.2) is 11.5 Å². The molecule has 1 rings (SSSR count). The van der Waals surface area contributed by atoms with Crippen LogP contribution in [0.5, 0.6) is 17.2 Å². The maximum Gasteiger partial charge on any atom is 0.326 e. The van der Waals surface area contributed by atoms with E-state index in [9.17, 15) is 23.1 Å². The molecule has 10 heteroatoms. The lowest BCUT2D eigenvalue weighted by Gasteiger charge is -2.16. The number of ether oxygens (including phenoxy) is 3. The van der Waals surface area contributed by atoms with Gasteiger partial charge in [-0.2, -0.15) is 0 Å². The lowest BCUT2D eigenvalue weighted by Crippen LogP contribution is -2.41. The minimum atomic E-state index is -3.35. The molecule has 140 valence electrons. The Hall–Kier alpha value is -2.49. The van der Waals surface area contributed by atoms with Gasteiger partial charge in [-0.3, -0.25) is 4.79 Å². The molecule has 0 aliphatic heterocycles. The molecule has 9 nitrogen and oxygen atoms in total. The third kappa shape index (κ3) is 5.82. The number of carbonyl (C=O) groups is 2. The lowest BCUT2D eigenvalue weighted by atomic mass is 10.1. The van der Waals surface area contributed by atoms with Gasteiger partial charge in [-0.15, -0.1) is 0 Å². The number of benzene rings is 1. The monoisotopic (exact) mass is 375 g/mol. The number of carboxylic acids is 1. The number of amides is 1. The van der Waals surface area contributed by atoms with Gasteiger partial charge in [-0.25, -0.2) is 13.2 Å². The van der Waals surface area contributed by atoms with E-state index in [4.69, 9.17) is 14.2 Å². The summed E-state index contributed by atoms with van der Waals surface area (Å²) in [6, 6.07) is 1.39. The fraction of sp³-hybridized carbons (Fsp3) is 0.467. The number of carboxylic acid groups (broad SMARTS) is 1. The number of methoxy groups -OCH3 is 3. The van der Waals surface area contributed by atoms with E-state index >= 15 is 0 Å². The number of nitrogens with one attached hydrogen (secondary N) is 1. The van der Waals surface area contributed by atoms with Crippen molar-refractivity contribution < 1.29 is 37.3 Å². The normalized spacial score (nSPS) is 12.2. The first-order chi connectivity index (χ1) is 11.6. The molecule has 0 aromatic heterocycles. The molecule has 1 aromatic carbocycles. The molecule has 0 aliphatic carbocycles. The van der Waals surface area contributed by atoms with E-state index in [1.807, 2.05) is 0 Å². The van der Waals surface area contributed by atoms with Crippen molar-refractivity contribution in [3.8, 4) is 17.2 Å². The molecule has 25 heavy (non-hydrogen) atoms. The number of hydrogen-bond donors (Lipinski definition) is 2. The fourth-order valence-corrected chi connectivity index (χ4v) is 2.71. The number of hydrogen-bond acceptors (Lipinski definition) is 7. The first-order valence-electron chi connectivity index (χ1n) is 7.14. The summed E-state index contributed by atoms with van der Waals surface area (Å²) in [4.78, 5) is 23.6. The molecule has 1 amide bonds. The van der Waals surface area contributed by atoms with E-state index in [1.165, 1.54) is 33.5 Å². The molecule has 0 aliphatic rings. The molecule has 0 bridgehead atoms. The van der Waals surface area contributed by atoms with Gasteiger partial charge in [0.05, 0.1) is 27.1 Å². The Kier molecular flexibility index (Phi) is 7.04. The van der Waals surface area contributed by atoms with Crippen molar-refractivity contribution in [2.75, 3.05) is 33.3 Å². The SMILES string of the molecule is COc1cc(C(=O)NC(CCS(C)(=O)=O)C(=O)O)cc(OC)c1OC. The summed E-state index contributed by atoms with van der Waals surface area (Å²) in [5.41, 5.74) is 0.0834. The Labute approximate surface area is 145 Å². The van der Waals surface area contributed by atoms with Gasteiger partial charge in [0, 0.05) is 11.8 Å². The number of aliphatic carboxylic acids is 1. The van der Waals surface area contributed by atoms with E-state index in [2.05, 4.69) is 5.32 Å². The van der Waals surface area contributed by atoms with Gasteiger partial charge in [-0.1, -0.05) is 0 Å². The zero-order chi connectivity index (χ0) is 19.2. The minimum Gasteiger partial charge on any atom is -0.493 e. The predicted octanol–water partition coefficient (Wildman–Crippen LogP) is 0.330. The predicted molar refractivity (Wildman–Crippen MR) is 89.3 cm³/mol. The second-order valence-electron chi connectivity index (χ2n) is 5.20. The van der Waals surface area contributed by atoms with Crippen LogP contribution in [0.3, 0.4) is 0 Å². The Balaban J connectivity index is 3.06. The van der Waals surface area contributed by atoms with Crippen LogP contribution in [-0.2, 0) is 14.6 Å². The van der Waals surface area contributed by atoms with Crippen molar-refractivity contribution in [1.29, 1.82) is 0 Å². The molecule has 1 atom stereocenters. The highest BCUT2D eigenvalue weighted by Crippen LogP contribution is 2.38. The summed E-state index contributed by atoms with van der Waals surface area (Å²) in [5.74, 6) is -1.65. The van der Waals surface area contributed by atoms with Crippen molar-refractivity contribution in [1.82, 2.24) is 5.32 Å². The van der Waals surface area contributed by atoms with Gasteiger partial charge < -0.3 is 24.6 Å². The minimum absolute atomic E-state index is 0.0834. The van der Waals surface area contributed by atoms with Crippen LogP contribution in [0.15, 0.2) is 12.1 Å². The Morgan fingerprint density at radius 3 is 2.00 bits per heavy atom. The van der Waals surface area contributed by atoms with Crippen molar-refractivity contribution >= 4 is 21.7 Å². The standard InChI is InChI=1S/C15H21NO8S/c1-22-11-7-9(8-12(23-2)13(11)24-3)14(17)16-10(15(18)19)5-6-25(4,20)21/h7-8,10H,5-6H2,1-4H3,(H,16,17)(H,18,19). The Bertz CT molecular complexity index is 719. The topological polar surface area (TPSA) is 128 Å². The highest BCUT2D eigenvalue weighted by Gasteiger charge is 2.24. The average Bonchev–Trinajstić information content (AvgIpc) is 2.55. The second kappa shape index (κ2) is 8.56. The van der Waals surface area contributed by atoms with Gasteiger partial charge in [0.2, 0.25) is 5.75 Å². The summed E-state index contributed by atoms with van der Waals surface area (Å²) in [7, 11) is 0.814. The highest BCUT2D eigenvalue weighted by molar-refractivity contribution is 7.90. The molecular formula is C15H21NO8S. The summed E-state index contributed by atoms with van der Waals surface area (Å²) >= 11 is 0. The third-order valence-electron chi connectivity index (χ3n) is 3.31. The summed E-state index contributed by atoms with van der Waals surface area (Å²) in [6.07, 6.45) is 0.747. The molecule has 0 fully saturated rings. The molecule has 0 saturated carbocycles. The van der Waals surface area contributed by atoms with Crippen LogP contribution in [0.4, 0.5) is 0 Å². The third-order valence-corrected chi connectivity index (χ3v) is 4.28. The molecule has 0 heterocycles. The van der Waals surface area contributed by atoms with Crippen LogP contribution in [0.2, 0.25) is 0 Å². The maximum atomic E-state index is 12.3. The number of rotatable bonds is 9. The van der Waals surface area contributed by atoms with Gasteiger partial charge in [0.25, 0.3) is 5.91 Å². The van der Waals surface area contributed by atoms with E-state index in [0.717, 1.165) is 6.26 Å². The van der Waals surface area contributed by atoms with Crippen LogP contribution in [0.1, 0.15) is 16.8 Å². The van der Waals surface area contributed by atoms with Gasteiger partial charge in [0.1, 0.15) is 15.9 Å². The summed E-state index contributed by atoms with van der Waals surface area (Å²) in [5, 5.41) is 11.5. The van der Waals surface area contributed by atoms with Crippen LogP contribution >= 0.6 is 0 Å². The largest absolute Gasteiger partial charge is 0.493 e. The van der Waals surface area contributed by atoms with E-state index in [0.29, 0.717) is 0 Å². The highest BCUT2D eigenvalue weighted by atomic mass is 32.2. The van der Waals surface area contributed by atoms with Gasteiger partial charge in [-0.05, 0) is 18.6 Å². The first-order valence-corrected chi connectivity index (χ1v) is 9.20. The number of carbonyl (C=O) groups excluding carboxylic acids is 1. The van der Waals surface area contributed by atoms with E-state index in [1.54, 1.807) is 0 Å². The quantitative estimate of drug-likeness (QED) is 0.632. The van der Waals surface area contributed by atoms with Crippen LogP contribution in [0, 0.1) is 0 Å². The smallest absolute Gasteiger partial charge is 0.326 e. The van der Waals surface area contributed by atoms with Crippen molar-refractivity contribution in [2.45, 2.75) is 12.5 Å². The molecule has 0 saturated heterocycles. The van der Waals surface area contributed by atoms with E-state index < -0.39 is 27.8 Å². The molecule has 2 N–H and O–H groups in total. The van der Waals surface area contributed by atoms with Crippen LogP contribution in [-0.4, -0.2) is 64.8 Å². The molecule has 1 unspecified atom stereocenters. The van der Waals surface area contributed by atoms with Crippen molar-refractivity contribution in [2.24, 2.45) is 0 Å². The van der Waals surface area contributed by atoms with Crippen molar-refractivity contribution in [3.63, 3.8) is 0 Å². The molecular weight excluding hydrogens is 354 g/mol. The average molecular weight is 375 g/mol.